The van der Waals surface area contributed by atoms with Crippen LogP contribution >= 0.6 is 50.5 Å². The maximum Gasteiger partial charge on any atom is 0.321 e. The molecule has 17 N–H and O–H groups in total. The van der Waals surface area contributed by atoms with Crippen molar-refractivity contribution in [2.75, 3.05) is 36.1 Å². The van der Waals surface area contributed by atoms with Crippen LogP contribution in [-0.2, 0) is 28.8 Å². The number of hydrogen-bond acceptors (Lipinski definition) is 16. The highest BCUT2D eigenvalue weighted by Crippen LogP contribution is 2.03. The number of nitrogens with two attached hydrogens (primary N) is 5. The molecule has 0 aromatic rings. The van der Waals surface area contributed by atoms with E-state index in [0.717, 1.165) is 19.4 Å². The van der Waals surface area contributed by atoms with Gasteiger partial charge in [0.25, 0.3) is 0 Å². The van der Waals surface area contributed by atoms with Crippen LogP contribution in [0.5, 0.6) is 0 Å². The van der Waals surface area contributed by atoms with Crippen LogP contribution in [0.2, 0.25) is 0 Å². The van der Waals surface area contributed by atoms with Gasteiger partial charge in [0.15, 0.2) is 0 Å². The molecule has 5 atom stereocenters. The molecule has 244 valence electrons. The molecule has 0 aromatic heterocycles. The lowest BCUT2D eigenvalue weighted by Gasteiger charge is -1.99. The van der Waals surface area contributed by atoms with Gasteiger partial charge in [0, 0.05) is 23.0 Å². The molecule has 1 heterocycles. The van der Waals surface area contributed by atoms with Crippen molar-refractivity contribution >= 4 is 86.3 Å². The predicted octanol–water partition coefficient (Wildman–Crippen LogP) is -3.83. The maximum atomic E-state index is 10.1. The van der Waals surface area contributed by atoms with E-state index in [1.165, 1.54) is 0 Å². The summed E-state index contributed by atoms with van der Waals surface area (Å²) in [6.07, 6.45) is 1.78. The standard InChI is InChI=1S/C5H9NO2.4C3H7NO2S.C2H5NO2/c7-5(8)4-2-1-3-6-4;4*4-2(1-7)3(5)6;3-1-2(4)5/h4,6H,1-3H2,(H,7,8);4*2,7H,1,4H2,(H,5,6);1,3H2,(H,4,5)/t4-;4*2-;/m00000./s1. The van der Waals surface area contributed by atoms with Crippen LogP contribution in [-0.4, -0.2) is 133 Å². The molecular formula is C19H42N6O12S4. The topological polar surface area (TPSA) is 366 Å². The molecule has 18 nitrogen and oxygen atoms in total. The lowest BCUT2D eigenvalue weighted by Crippen LogP contribution is -2.31. The van der Waals surface area contributed by atoms with Crippen LogP contribution < -0.4 is 34.0 Å². The van der Waals surface area contributed by atoms with Crippen LogP contribution in [0.25, 0.3) is 0 Å². The molecule has 0 aliphatic carbocycles. The summed E-state index contributed by atoms with van der Waals surface area (Å²) in [6, 6.07) is -3.53. The minimum Gasteiger partial charge on any atom is -0.480 e. The number of hydrogen-bond donors (Lipinski definition) is 16. The van der Waals surface area contributed by atoms with E-state index < -0.39 is 60.0 Å². The van der Waals surface area contributed by atoms with Crippen molar-refractivity contribution in [2.45, 2.75) is 43.1 Å². The highest BCUT2D eigenvalue weighted by atomic mass is 32.1. The van der Waals surface area contributed by atoms with Crippen molar-refractivity contribution in [3.8, 4) is 0 Å². The molecule has 0 amide bonds. The summed E-state index contributed by atoms with van der Waals surface area (Å²) in [7, 11) is 0. The second-order valence-electron chi connectivity index (χ2n) is 7.09. The van der Waals surface area contributed by atoms with Crippen LogP contribution in [0.15, 0.2) is 0 Å². The summed E-state index contributed by atoms with van der Waals surface area (Å²) >= 11 is 14.6. The molecule has 0 bridgehead atoms. The summed E-state index contributed by atoms with van der Waals surface area (Å²) < 4.78 is 0. The Morgan fingerprint density at radius 2 is 0.878 bits per heavy atom. The molecule has 1 rings (SSSR count). The number of rotatable bonds is 10. The minimum atomic E-state index is -1.00. The monoisotopic (exact) mass is 674 g/mol. The van der Waals surface area contributed by atoms with Gasteiger partial charge in [0.2, 0.25) is 0 Å². The minimum absolute atomic E-state index is 0.190. The van der Waals surface area contributed by atoms with E-state index >= 15 is 0 Å². The van der Waals surface area contributed by atoms with E-state index in [1.54, 1.807) is 0 Å². The molecule has 0 aromatic carbocycles. The zero-order valence-corrected chi connectivity index (χ0v) is 25.4. The first-order chi connectivity index (χ1) is 18.8. The Morgan fingerprint density at radius 3 is 0.927 bits per heavy atom. The van der Waals surface area contributed by atoms with Gasteiger partial charge in [-0.1, -0.05) is 0 Å². The Bertz CT molecular complexity index is 671. The van der Waals surface area contributed by atoms with Crippen LogP contribution in [0, 0.1) is 0 Å². The lowest BCUT2D eigenvalue weighted by molar-refractivity contribution is -0.139. The van der Waals surface area contributed by atoms with E-state index in [0.29, 0.717) is 0 Å². The van der Waals surface area contributed by atoms with Crippen LogP contribution in [0.4, 0.5) is 0 Å². The SMILES string of the molecule is NCC(=O)O.N[C@@H](CS)C(=O)O.N[C@@H](CS)C(=O)O.N[C@@H](CS)C(=O)O.N[C@@H](CS)C(=O)O.O=C(O)[C@@H]1CCCN1. The normalized spacial score (nSPS) is 15.6. The van der Waals surface area contributed by atoms with Crippen molar-refractivity contribution in [3.63, 3.8) is 0 Å². The maximum absolute atomic E-state index is 10.1. The third kappa shape index (κ3) is 40.2. The third-order valence-electron chi connectivity index (χ3n) is 3.59. The van der Waals surface area contributed by atoms with E-state index in [4.69, 9.17) is 53.6 Å². The molecule has 1 saturated heterocycles. The van der Waals surface area contributed by atoms with Crippen molar-refractivity contribution < 1.29 is 59.4 Å². The fourth-order valence-corrected chi connectivity index (χ4v) is 1.83. The van der Waals surface area contributed by atoms with Crippen molar-refractivity contribution in [3.05, 3.63) is 0 Å². The summed E-state index contributed by atoms with van der Waals surface area (Å²) in [4.78, 5) is 58.4. The van der Waals surface area contributed by atoms with Crippen LogP contribution in [0.3, 0.4) is 0 Å². The molecule has 1 fully saturated rings. The van der Waals surface area contributed by atoms with Gasteiger partial charge in [-0.2, -0.15) is 50.5 Å². The summed E-state index contributed by atoms with van der Waals surface area (Å²) in [6.45, 7) is 0.580. The van der Waals surface area contributed by atoms with E-state index in [1.807, 2.05) is 0 Å². The quantitative estimate of drug-likeness (QED) is 0.0986. The second kappa shape index (κ2) is 32.5. The molecule has 0 spiro atoms. The van der Waals surface area contributed by atoms with E-state index in [9.17, 15) is 28.8 Å². The van der Waals surface area contributed by atoms with Gasteiger partial charge in [0.05, 0.1) is 6.54 Å². The fourth-order valence-electron chi connectivity index (χ4n) is 1.21. The number of carbonyl (C=O) groups is 6. The summed E-state index contributed by atoms with van der Waals surface area (Å²) in [5.41, 5.74) is 24.3. The van der Waals surface area contributed by atoms with Crippen molar-refractivity contribution in [1.29, 1.82) is 0 Å². The third-order valence-corrected chi connectivity index (χ3v) is 5.16. The van der Waals surface area contributed by atoms with Crippen LogP contribution in [0.1, 0.15) is 12.8 Å². The summed E-state index contributed by atoms with van der Waals surface area (Å²) in [5.74, 6) is -4.95. The zero-order chi connectivity index (χ0) is 33.7. The highest BCUT2D eigenvalue weighted by Gasteiger charge is 2.20. The van der Waals surface area contributed by atoms with Gasteiger partial charge < -0.3 is 64.6 Å². The number of thiol groups is 4. The molecular weight excluding hydrogens is 633 g/mol. The Morgan fingerprint density at radius 1 is 0.634 bits per heavy atom. The molecule has 1 aliphatic rings. The predicted molar refractivity (Wildman–Crippen MR) is 163 cm³/mol. The Balaban J connectivity index is -0.000000127. The lowest BCUT2D eigenvalue weighted by atomic mass is 10.2. The van der Waals surface area contributed by atoms with Gasteiger partial charge in [0.1, 0.15) is 30.2 Å². The van der Waals surface area contributed by atoms with E-state index in [2.05, 4.69) is 61.6 Å². The fraction of sp³-hybridized carbons (Fsp3) is 0.684. The Kier molecular flexibility index (Phi) is 38.6. The highest BCUT2D eigenvalue weighted by molar-refractivity contribution is 7.80. The van der Waals surface area contributed by atoms with Gasteiger partial charge in [-0.05, 0) is 19.4 Å². The first-order valence-corrected chi connectivity index (χ1v) is 13.6. The molecule has 22 heteroatoms. The zero-order valence-electron chi connectivity index (χ0n) is 21.9. The molecule has 1 aliphatic heterocycles. The number of aliphatic carboxylic acids is 6. The number of nitrogens with one attached hydrogen (secondary N) is 1. The summed E-state index contributed by atoms with van der Waals surface area (Å²) in [5, 5.41) is 50.8. The van der Waals surface area contributed by atoms with Gasteiger partial charge in [-0.15, -0.1) is 0 Å². The average Bonchev–Trinajstić information content (AvgIpc) is 3.48. The van der Waals surface area contributed by atoms with Gasteiger partial charge in [-0.25, -0.2) is 0 Å². The average molecular weight is 675 g/mol. The molecule has 0 radical (unpaired) electrons. The van der Waals surface area contributed by atoms with Crippen molar-refractivity contribution in [1.82, 2.24) is 5.32 Å². The first-order valence-electron chi connectivity index (χ1n) is 11.1. The van der Waals surface area contributed by atoms with Gasteiger partial charge >= 0.3 is 35.8 Å². The Hall–Kier alpha value is -2.02. The number of carboxylic acids is 6. The molecule has 0 unspecified atom stereocenters. The van der Waals surface area contributed by atoms with Crippen molar-refractivity contribution in [2.24, 2.45) is 28.7 Å². The number of carboxylic acid groups (broad SMARTS) is 6. The smallest absolute Gasteiger partial charge is 0.321 e. The molecule has 0 saturated carbocycles. The largest absolute Gasteiger partial charge is 0.480 e. The second-order valence-corrected chi connectivity index (χ2v) is 8.55. The first kappa shape index (κ1) is 48.7. The van der Waals surface area contributed by atoms with E-state index in [-0.39, 0.29) is 35.6 Å². The molecule has 41 heavy (non-hydrogen) atoms. The van der Waals surface area contributed by atoms with Gasteiger partial charge in [-0.3, -0.25) is 28.8 Å². The Labute approximate surface area is 258 Å².